The molecular formula is C10H22N4O4S2. The van der Waals surface area contributed by atoms with Crippen molar-refractivity contribution in [3.05, 3.63) is 0 Å². The number of nitrogens with zero attached hydrogens (tertiary/aromatic N) is 3. The van der Waals surface area contributed by atoms with Gasteiger partial charge in [0.25, 0.3) is 0 Å². The topological polar surface area (TPSA) is 112 Å². The Kier molecular flexibility index (Phi) is 7.34. The molecule has 0 spiro atoms. The number of anilines is 2. The molecule has 20 heavy (non-hydrogen) atoms. The van der Waals surface area contributed by atoms with Gasteiger partial charge in [-0.2, -0.15) is 0 Å². The molecule has 0 unspecified atom stereocenters. The van der Waals surface area contributed by atoms with Gasteiger partial charge in [0.15, 0.2) is 0 Å². The molecule has 10 heteroatoms. The Hall–Kier alpha value is -0.970. The number of rotatable bonds is 4. The summed E-state index contributed by atoms with van der Waals surface area (Å²) < 4.78 is 32.7. The van der Waals surface area contributed by atoms with Gasteiger partial charge in [-0.1, -0.05) is 5.10 Å². The van der Waals surface area contributed by atoms with Crippen molar-refractivity contribution in [1.82, 2.24) is 5.10 Å². The molecule has 1 aromatic heterocycles. The van der Waals surface area contributed by atoms with Gasteiger partial charge in [0.2, 0.25) is 15.5 Å². The van der Waals surface area contributed by atoms with Crippen molar-refractivity contribution in [2.45, 2.75) is 39.8 Å². The highest BCUT2D eigenvalue weighted by Gasteiger charge is 2.21. The first-order valence-electron chi connectivity index (χ1n) is 5.92. The lowest BCUT2D eigenvalue weighted by Gasteiger charge is -2.29. The van der Waals surface area contributed by atoms with E-state index < -0.39 is 10.4 Å². The standard InChI is InChI=1S/C9H18N4S.CH4O4S/c1-6(2)13(7(3)4)9-11-12(5)8(10)14-9;1-5-6(2,3)4/h6-7,10H,1-5H3;1H3,(H,2,3,4). The van der Waals surface area contributed by atoms with Gasteiger partial charge in [0.05, 0.1) is 7.11 Å². The predicted octanol–water partition coefficient (Wildman–Crippen LogP) is 0.266. The number of hydrogen-bond acceptors (Lipinski definition) is 8. The second-order valence-electron chi connectivity index (χ2n) is 4.52. The van der Waals surface area contributed by atoms with Crippen molar-refractivity contribution in [3.63, 3.8) is 0 Å². The zero-order valence-corrected chi connectivity index (χ0v) is 14.2. The summed E-state index contributed by atoms with van der Waals surface area (Å²) in [4.78, 5) is 2.26. The number of aryl methyl sites for hydroxylation is 1. The maximum Gasteiger partial charge on any atom is 0.355 e. The van der Waals surface area contributed by atoms with Gasteiger partial charge < -0.3 is 9.45 Å². The first-order chi connectivity index (χ1) is 8.99. The van der Waals surface area contributed by atoms with E-state index in [4.69, 9.17) is 5.73 Å². The van der Waals surface area contributed by atoms with E-state index in [0.29, 0.717) is 12.1 Å². The number of nitrogens with two attached hydrogens (primary N) is 1. The molecule has 0 aliphatic carbocycles. The highest BCUT2D eigenvalue weighted by molar-refractivity contribution is 7.80. The lowest BCUT2D eigenvalue weighted by molar-refractivity contribution is -0.711. The summed E-state index contributed by atoms with van der Waals surface area (Å²) in [5.41, 5.74) is 5.77. The van der Waals surface area contributed by atoms with Crippen LogP contribution in [0, 0.1) is 0 Å². The Morgan fingerprint density at radius 3 is 1.95 bits per heavy atom. The van der Waals surface area contributed by atoms with Crippen molar-refractivity contribution >= 4 is 32.0 Å². The fraction of sp³-hybridized carbons (Fsp3) is 0.800. The highest BCUT2D eigenvalue weighted by atomic mass is 32.3. The fourth-order valence-corrected chi connectivity index (χ4v) is 2.55. The minimum Gasteiger partial charge on any atom is -0.726 e. The molecule has 0 fully saturated rings. The lowest BCUT2D eigenvalue weighted by atomic mass is 10.2. The molecule has 0 bridgehead atoms. The van der Waals surface area contributed by atoms with Crippen LogP contribution >= 0.6 is 11.3 Å². The van der Waals surface area contributed by atoms with Gasteiger partial charge >= 0.3 is 5.13 Å². The highest BCUT2D eigenvalue weighted by Crippen LogP contribution is 2.24. The first-order valence-corrected chi connectivity index (χ1v) is 8.07. The van der Waals surface area contributed by atoms with Crippen LogP contribution in [-0.2, 0) is 21.6 Å². The molecule has 0 aliphatic heterocycles. The smallest absolute Gasteiger partial charge is 0.355 e. The average molecular weight is 326 g/mol. The van der Waals surface area contributed by atoms with Crippen molar-refractivity contribution in [2.24, 2.45) is 7.05 Å². The fourth-order valence-electron chi connectivity index (χ4n) is 1.50. The van der Waals surface area contributed by atoms with Crippen LogP contribution in [0.2, 0.25) is 0 Å². The largest absolute Gasteiger partial charge is 0.726 e. The average Bonchev–Trinajstić information content (AvgIpc) is 2.57. The van der Waals surface area contributed by atoms with Crippen LogP contribution in [0.1, 0.15) is 27.7 Å². The molecule has 0 aromatic carbocycles. The Morgan fingerprint density at radius 1 is 1.35 bits per heavy atom. The van der Waals surface area contributed by atoms with E-state index >= 15 is 0 Å². The molecule has 8 nitrogen and oxygen atoms in total. The van der Waals surface area contributed by atoms with Crippen molar-refractivity contribution in [3.8, 4) is 0 Å². The normalized spacial score (nSPS) is 11.4. The summed E-state index contributed by atoms with van der Waals surface area (Å²) in [6.07, 6.45) is 0. The van der Waals surface area contributed by atoms with Crippen LogP contribution in [0.15, 0.2) is 0 Å². The third-order valence-corrected chi connectivity index (χ3v) is 3.64. The summed E-state index contributed by atoms with van der Waals surface area (Å²) in [7, 11) is -1.73. The minimum atomic E-state index is -4.41. The van der Waals surface area contributed by atoms with Crippen LogP contribution in [0.4, 0.5) is 10.3 Å². The molecule has 118 valence electrons. The molecule has 0 aliphatic rings. The summed E-state index contributed by atoms with van der Waals surface area (Å²) in [6.45, 7) is 8.66. The van der Waals surface area contributed by atoms with E-state index in [-0.39, 0.29) is 0 Å². The molecule has 2 N–H and O–H groups in total. The van der Waals surface area contributed by atoms with Crippen LogP contribution in [0.25, 0.3) is 0 Å². The third kappa shape index (κ3) is 6.46. The first kappa shape index (κ1) is 19.0. The van der Waals surface area contributed by atoms with E-state index in [2.05, 4.69) is 41.9 Å². The van der Waals surface area contributed by atoms with Gasteiger partial charge in [0, 0.05) is 12.1 Å². The van der Waals surface area contributed by atoms with Gasteiger partial charge in [-0.3, -0.25) is 9.92 Å². The second kappa shape index (κ2) is 7.72. The minimum absolute atomic E-state index is 0.445. The van der Waals surface area contributed by atoms with Gasteiger partial charge in [-0.25, -0.2) is 8.42 Å². The Bertz CT molecular complexity index is 486. The van der Waals surface area contributed by atoms with Crippen molar-refractivity contribution < 1.29 is 21.8 Å². The van der Waals surface area contributed by atoms with Crippen LogP contribution in [0.3, 0.4) is 0 Å². The quantitative estimate of drug-likeness (QED) is 0.480. The predicted molar refractivity (Wildman–Crippen MR) is 77.2 cm³/mol. The van der Waals surface area contributed by atoms with Gasteiger partial charge in [0.1, 0.15) is 7.05 Å². The number of aromatic nitrogens is 2. The zero-order chi connectivity index (χ0) is 16.1. The van der Waals surface area contributed by atoms with E-state index in [0.717, 1.165) is 17.4 Å². The van der Waals surface area contributed by atoms with E-state index in [1.165, 1.54) is 11.3 Å². The molecule has 0 radical (unpaired) electrons. The molecule has 0 saturated carbocycles. The third-order valence-electron chi connectivity index (χ3n) is 2.29. The second-order valence-corrected chi connectivity index (χ2v) is 6.65. The Labute approximate surface area is 124 Å². The number of nitrogen functional groups attached to an aromatic ring is 1. The van der Waals surface area contributed by atoms with Crippen molar-refractivity contribution in [1.29, 1.82) is 0 Å². The monoisotopic (exact) mass is 326 g/mol. The Morgan fingerprint density at radius 2 is 1.75 bits per heavy atom. The van der Waals surface area contributed by atoms with Crippen molar-refractivity contribution in [2.75, 3.05) is 17.7 Å². The number of hydrogen-bond donors (Lipinski definition) is 1. The molecule has 1 rings (SSSR count). The lowest BCUT2D eigenvalue weighted by Crippen LogP contribution is -2.39. The summed E-state index contributed by atoms with van der Waals surface area (Å²) in [6, 6.07) is 0.890. The summed E-state index contributed by atoms with van der Waals surface area (Å²) in [5.74, 6) is 0. The molecule has 1 heterocycles. The van der Waals surface area contributed by atoms with E-state index in [1.807, 2.05) is 7.05 Å². The van der Waals surface area contributed by atoms with Gasteiger partial charge in [-0.15, -0.1) is 4.68 Å². The zero-order valence-electron chi connectivity index (χ0n) is 12.5. The molecule has 1 aromatic rings. The van der Waals surface area contributed by atoms with Crippen LogP contribution in [0.5, 0.6) is 0 Å². The van der Waals surface area contributed by atoms with E-state index in [9.17, 15) is 13.0 Å². The molecule has 0 saturated heterocycles. The molecule has 0 amide bonds. The maximum absolute atomic E-state index is 9.22. The van der Waals surface area contributed by atoms with Crippen LogP contribution in [-0.4, -0.2) is 37.3 Å². The molecule has 0 atom stereocenters. The SMILES string of the molecule is CC(C)N(c1n[n+](C)c(N)s1)C(C)C.COS(=O)(=O)[O-]. The van der Waals surface area contributed by atoms with E-state index in [1.54, 1.807) is 4.68 Å². The van der Waals surface area contributed by atoms with Crippen LogP contribution < -0.4 is 15.3 Å². The summed E-state index contributed by atoms with van der Waals surface area (Å²) >= 11 is 1.53. The molecular weight excluding hydrogens is 304 g/mol. The summed E-state index contributed by atoms with van der Waals surface area (Å²) in [5, 5.41) is 6.13. The Balaban J connectivity index is 0.000000511. The maximum atomic E-state index is 9.22. The van der Waals surface area contributed by atoms with Gasteiger partial charge in [-0.05, 0) is 39.0 Å².